The highest BCUT2D eigenvalue weighted by Gasteiger charge is 2.44. The second-order valence-electron chi connectivity index (χ2n) is 4.39. The van der Waals surface area contributed by atoms with Gasteiger partial charge in [-0.2, -0.15) is 0 Å². The molecule has 2 fully saturated rings. The monoisotopic (exact) mass is 179 g/mol. The summed E-state index contributed by atoms with van der Waals surface area (Å²) in [7, 11) is 0. The molecule has 2 atom stereocenters. The minimum Gasteiger partial charge on any atom is -0.364 e. The zero-order chi connectivity index (χ0) is 9.31. The number of hydrogen-bond acceptors (Lipinski definition) is 2. The van der Waals surface area contributed by atoms with Gasteiger partial charge in [-0.15, -0.1) is 6.42 Å². The maximum absolute atomic E-state index is 5.58. The van der Waals surface area contributed by atoms with Gasteiger partial charge in [0, 0.05) is 12.1 Å². The van der Waals surface area contributed by atoms with E-state index in [2.05, 4.69) is 17.7 Å². The van der Waals surface area contributed by atoms with Crippen LogP contribution >= 0.6 is 0 Å². The fourth-order valence-corrected chi connectivity index (χ4v) is 2.70. The van der Waals surface area contributed by atoms with Crippen molar-refractivity contribution < 1.29 is 4.74 Å². The van der Waals surface area contributed by atoms with Gasteiger partial charge in [0.05, 0.1) is 6.10 Å². The Morgan fingerprint density at radius 3 is 3.23 bits per heavy atom. The van der Waals surface area contributed by atoms with Crippen molar-refractivity contribution in [2.45, 2.75) is 37.8 Å². The molecule has 2 nitrogen and oxygen atoms in total. The Bertz CT molecular complexity index is 233. The van der Waals surface area contributed by atoms with E-state index in [1.54, 1.807) is 0 Å². The Hall–Kier alpha value is -0.520. The summed E-state index contributed by atoms with van der Waals surface area (Å²) >= 11 is 0. The highest BCUT2D eigenvalue weighted by Crippen LogP contribution is 2.39. The Balaban J connectivity index is 1.91. The van der Waals surface area contributed by atoms with E-state index in [0.717, 1.165) is 13.0 Å². The van der Waals surface area contributed by atoms with Crippen LogP contribution in [0.5, 0.6) is 0 Å². The minimum atomic E-state index is 0.376. The van der Waals surface area contributed by atoms with E-state index in [9.17, 15) is 0 Å². The maximum atomic E-state index is 5.58. The largest absolute Gasteiger partial charge is 0.364 e. The van der Waals surface area contributed by atoms with E-state index in [1.807, 2.05) is 0 Å². The molecule has 0 saturated carbocycles. The fourth-order valence-electron chi connectivity index (χ4n) is 2.70. The van der Waals surface area contributed by atoms with Crippen LogP contribution in [0.4, 0.5) is 0 Å². The van der Waals surface area contributed by atoms with Gasteiger partial charge >= 0.3 is 0 Å². The van der Waals surface area contributed by atoms with Gasteiger partial charge in [0.1, 0.15) is 6.61 Å². The lowest BCUT2D eigenvalue weighted by molar-refractivity contribution is 0.0829. The molecular formula is C11H17NO. The third-order valence-electron chi connectivity index (χ3n) is 3.40. The van der Waals surface area contributed by atoms with E-state index < -0.39 is 0 Å². The first kappa shape index (κ1) is 9.05. The summed E-state index contributed by atoms with van der Waals surface area (Å²) in [4.78, 5) is 2.55. The molecule has 2 aliphatic heterocycles. The Morgan fingerprint density at radius 1 is 1.69 bits per heavy atom. The highest BCUT2D eigenvalue weighted by atomic mass is 16.5. The average Bonchev–Trinajstić information content (AvgIpc) is 2.55. The van der Waals surface area contributed by atoms with Crippen LogP contribution in [0, 0.1) is 12.3 Å². The average molecular weight is 179 g/mol. The van der Waals surface area contributed by atoms with Crippen molar-refractivity contribution in [3.8, 4) is 12.3 Å². The molecule has 0 bridgehead atoms. The molecule has 1 unspecified atom stereocenters. The normalized spacial score (nSPS) is 38.9. The lowest BCUT2D eigenvalue weighted by Crippen LogP contribution is -2.34. The summed E-state index contributed by atoms with van der Waals surface area (Å²) in [5.41, 5.74) is 0.416. The highest BCUT2D eigenvalue weighted by molar-refractivity contribution is 5.01. The van der Waals surface area contributed by atoms with E-state index >= 15 is 0 Å². The van der Waals surface area contributed by atoms with Crippen LogP contribution in [0.25, 0.3) is 0 Å². The lowest BCUT2D eigenvalue weighted by atomic mass is 9.96. The number of rotatable bonds is 2. The molecule has 0 aromatic heterocycles. The topological polar surface area (TPSA) is 12.5 Å². The van der Waals surface area contributed by atoms with E-state index in [1.165, 1.54) is 19.4 Å². The Morgan fingerprint density at radius 2 is 2.54 bits per heavy atom. The van der Waals surface area contributed by atoms with Gasteiger partial charge in [-0.3, -0.25) is 4.90 Å². The van der Waals surface area contributed by atoms with Gasteiger partial charge in [-0.25, -0.2) is 0 Å². The first-order valence-corrected chi connectivity index (χ1v) is 5.05. The third-order valence-corrected chi connectivity index (χ3v) is 3.40. The lowest BCUT2D eigenvalue weighted by Gasteiger charge is -2.26. The van der Waals surface area contributed by atoms with Crippen molar-refractivity contribution in [3.63, 3.8) is 0 Å². The van der Waals surface area contributed by atoms with Crippen LogP contribution in [0.1, 0.15) is 26.2 Å². The number of terminal acetylenes is 1. The van der Waals surface area contributed by atoms with Crippen molar-refractivity contribution in [1.82, 2.24) is 4.90 Å². The summed E-state index contributed by atoms with van der Waals surface area (Å²) in [6, 6.07) is 0. The van der Waals surface area contributed by atoms with Crippen molar-refractivity contribution in [2.75, 3.05) is 19.7 Å². The quantitative estimate of drug-likeness (QED) is 0.592. The smallest absolute Gasteiger partial charge is 0.107 e. The maximum Gasteiger partial charge on any atom is 0.107 e. The third kappa shape index (κ3) is 1.59. The summed E-state index contributed by atoms with van der Waals surface area (Å²) < 4.78 is 5.58. The summed E-state index contributed by atoms with van der Waals surface area (Å²) in [6.45, 7) is 5.14. The molecule has 0 aliphatic carbocycles. The van der Waals surface area contributed by atoms with Gasteiger partial charge in [0.15, 0.2) is 0 Å². The standard InChI is InChI=1S/C11H17NO/c1-3-7-13-10-8-11(2)5-4-6-12(11)9-10/h1,10H,4-9H2,2H3/t10?,11-/m1/s1. The summed E-state index contributed by atoms with van der Waals surface area (Å²) in [5.74, 6) is 2.53. The van der Waals surface area contributed by atoms with Crippen LogP contribution in [-0.2, 0) is 4.74 Å². The first-order valence-electron chi connectivity index (χ1n) is 5.05. The molecule has 2 aliphatic rings. The van der Waals surface area contributed by atoms with Gasteiger partial charge in [-0.05, 0) is 32.7 Å². The van der Waals surface area contributed by atoms with Crippen molar-refractivity contribution >= 4 is 0 Å². The predicted molar refractivity (Wildman–Crippen MR) is 52.4 cm³/mol. The van der Waals surface area contributed by atoms with Gasteiger partial charge < -0.3 is 4.74 Å². The molecular weight excluding hydrogens is 162 g/mol. The number of nitrogens with zero attached hydrogens (tertiary/aromatic N) is 1. The van der Waals surface area contributed by atoms with Gasteiger partial charge in [-0.1, -0.05) is 5.92 Å². The van der Waals surface area contributed by atoms with Crippen LogP contribution in [0.2, 0.25) is 0 Å². The Labute approximate surface area is 80.2 Å². The molecule has 0 spiro atoms. The molecule has 2 heteroatoms. The summed E-state index contributed by atoms with van der Waals surface area (Å²) in [5, 5.41) is 0. The van der Waals surface area contributed by atoms with Gasteiger partial charge in [0.25, 0.3) is 0 Å². The van der Waals surface area contributed by atoms with Crippen LogP contribution in [0.15, 0.2) is 0 Å². The van der Waals surface area contributed by atoms with Crippen molar-refractivity contribution in [1.29, 1.82) is 0 Å². The van der Waals surface area contributed by atoms with E-state index in [4.69, 9.17) is 11.2 Å². The molecule has 2 rings (SSSR count). The SMILES string of the molecule is C#CCOC1CN2CCC[C@]2(C)C1. The number of fused-ring (bicyclic) bond motifs is 1. The van der Waals surface area contributed by atoms with E-state index in [-0.39, 0.29) is 0 Å². The molecule has 0 radical (unpaired) electrons. The van der Waals surface area contributed by atoms with Crippen LogP contribution < -0.4 is 0 Å². The zero-order valence-electron chi connectivity index (χ0n) is 8.25. The molecule has 13 heavy (non-hydrogen) atoms. The molecule has 2 heterocycles. The molecule has 0 N–H and O–H groups in total. The van der Waals surface area contributed by atoms with Crippen molar-refractivity contribution in [2.24, 2.45) is 0 Å². The molecule has 72 valence electrons. The number of hydrogen-bond donors (Lipinski definition) is 0. The molecule has 2 saturated heterocycles. The second kappa shape index (κ2) is 3.32. The van der Waals surface area contributed by atoms with Gasteiger partial charge in [0.2, 0.25) is 0 Å². The second-order valence-corrected chi connectivity index (χ2v) is 4.39. The zero-order valence-corrected chi connectivity index (χ0v) is 8.25. The summed E-state index contributed by atoms with van der Waals surface area (Å²) in [6.07, 6.45) is 9.37. The minimum absolute atomic E-state index is 0.376. The molecule has 0 aromatic carbocycles. The molecule has 0 amide bonds. The fraction of sp³-hybridized carbons (Fsp3) is 0.818. The van der Waals surface area contributed by atoms with Crippen LogP contribution in [-0.4, -0.2) is 36.2 Å². The number of ether oxygens (including phenoxy) is 1. The first-order chi connectivity index (χ1) is 6.24. The van der Waals surface area contributed by atoms with E-state index in [0.29, 0.717) is 18.2 Å². The van der Waals surface area contributed by atoms with Crippen molar-refractivity contribution in [3.05, 3.63) is 0 Å². The Kier molecular flexibility index (Phi) is 2.31. The van der Waals surface area contributed by atoms with Crippen LogP contribution in [0.3, 0.4) is 0 Å². The molecule has 0 aromatic rings. The predicted octanol–water partition coefficient (Wildman–Crippen LogP) is 1.26.